The summed E-state index contributed by atoms with van der Waals surface area (Å²) in [5.74, 6) is 1.76. The summed E-state index contributed by atoms with van der Waals surface area (Å²) in [4.78, 5) is 2.47. The molecule has 0 radical (unpaired) electrons. The van der Waals surface area contributed by atoms with Crippen molar-refractivity contribution in [3.63, 3.8) is 0 Å². The fourth-order valence-electron chi connectivity index (χ4n) is 2.14. The van der Waals surface area contributed by atoms with Gasteiger partial charge in [-0.1, -0.05) is 20.8 Å². The summed E-state index contributed by atoms with van der Waals surface area (Å²) in [6, 6.07) is 2.73. The van der Waals surface area contributed by atoms with Crippen LogP contribution in [-0.2, 0) is 13.1 Å². The van der Waals surface area contributed by atoms with Crippen molar-refractivity contribution in [2.75, 3.05) is 13.1 Å². The van der Waals surface area contributed by atoms with Crippen LogP contribution in [0, 0.1) is 5.92 Å². The van der Waals surface area contributed by atoms with Crippen LogP contribution in [0.5, 0.6) is 0 Å². The highest BCUT2D eigenvalue weighted by Gasteiger charge is 2.13. The molecule has 0 aliphatic carbocycles. The molecule has 0 unspecified atom stereocenters. The standard InChI is InChI=1S/C16H30N2O/c1-6-7-17-9-15-8-16(19-12-15)11-18(14(4)5)10-13(2)3/h8,12-14,17H,6-7,9-11H2,1-5H3. The molecule has 0 aliphatic heterocycles. The number of rotatable bonds is 9. The lowest BCUT2D eigenvalue weighted by Crippen LogP contribution is -2.33. The molecule has 0 amide bonds. The first-order chi connectivity index (χ1) is 9.02. The lowest BCUT2D eigenvalue weighted by atomic mass is 10.1. The number of nitrogens with one attached hydrogen (secondary N) is 1. The molecule has 0 fully saturated rings. The highest BCUT2D eigenvalue weighted by atomic mass is 16.3. The van der Waals surface area contributed by atoms with Crippen molar-refractivity contribution in [1.82, 2.24) is 10.2 Å². The molecule has 1 aromatic heterocycles. The Kier molecular flexibility index (Phi) is 7.17. The molecule has 1 aromatic rings. The van der Waals surface area contributed by atoms with Gasteiger partial charge in [-0.3, -0.25) is 4.90 Å². The predicted octanol–water partition coefficient (Wildman–Crippen LogP) is 3.65. The van der Waals surface area contributed by atoms with Gasteiger partial charge in [-0.15, -0.1) is 0 Å². The first-order valence-electron chi connectivity index (χ1n) is 7.54. The minimum Gasteiger partial charge on any atom is -0.468 e. The second-order valence-corrected chi connectivity index (χ2v) is 6.02. The number of nitrogens with zero attached hydrogens (tertiary/aromatic N) is 1. The van der Waals surface area contributed by atoms with Gasteiger partial charge in [0.2, 0.25) is 0 Å². The smallest absolute Gasteiger partial charge is 0.118 e. The molecule has 0 saturated carbocycles. The van der Waals surface area contributed by atoms with E-state index < -0.39 is 0 Å². The zero-order chi connectivity index (χ0) is 14.3. The van der Waals surface area contributed by atoms with Gasteiger partial charge in [-0.25, -0.2) is 0 Å². The number of furan rings is 1. The molecule has 0 aromatic carbocycles. The molecule has 0 atom stereocenters. The minimum atomic E-state index is 0.550. The van der Waals surface area contributed by atoms with Crippen molar-refractivity contribution in [3.8, 4) is 0 Å². The maximum absolute atomic E-state index is 5.68. The van der Waals surface area contributed by atoms with Crippen LogP contribution in [0.3, 0.4) is 0 Å². The Bertz CT molecular complexity index is 344. The van der Waals surface area contributed by atoms with Crippen LogP contribution in [0.25, 0.3) is 0 Å². The first-order valence-corrected chi connectivity index (χ1v) is 7.54. The molecule has 0 spiro atoms. The molecule has 0 aliphatic rings. The van der Waals surface area contributed by atoms with Gasteiger partial charge in [0.15, 0.2) is 0 Å². The third-order valence-corrected chi connectivity index (χ3v) is 3.15. The van der Waals surface area contributed by atoms with Crippen molar-refractivity contribution in [2.45, 2.75) is 60.2 Å². The lowest BCUT2D eigenvalue weighted by Gasteiger charge is -2.27. The summed E-state index contributed by atoms with van der Waals surface area (Å²) in [6.07, 6.45) is 3.05. The molecule has 1 heterocycles. The van der Waals surface area contributed by atoms with Crippen molar-refractivity contribution in [2.24, 2.45) is 5.92 Å². The maximum atomic E-state index is 5.68. The van der Waals surface area contributed by atoms with E-state index in [1.807, 2.05) is 6.26 Å². The highest BCUT2D eigenvalue weighted by Crippen LogP contribution is 2.14. The van der Waals surface area contributed by atoms with Gasteiger partial charge in [0.25, 0.3) is 0 Å². The lowest BCUT2D eigenvalue weighted by molar-refractivity contribution is 0.175. The molecule has 3 heteroatoms. The van der Waals surface area contributed by atoms with E-state index in [0.717, 1.165) is 31.9 Å². The highest BCUT2D eigenvalue weighted by molar-refractivity contribution is 5.12. The number of hydrogen-bond acceptors (Lipinski definition) is 3. The van der Waals surface area contributed by atoms with Gasteiger partial charge in [-0.05, 0) is 38.8 Å². The van der Waals surface area contributed by atoms with Gasteiger partial charge < -0.3 is 9.73 Å². The Balaban J connectivity index is 2.50. The second kappa shape index (κ2) is 8.39. The van der Waals surface area contributed by atoms with Crippen LogP contribution in [0.1, 0.15) is 52.4 Å². The average Bonchev–Trinajstić information content (AvgIpc) is 2.76. The fraction of sp³-hybridized carbons (Fsp3) is 0.750. The molecule has 19 heavy (non-hydrogen) atoms. The summed E-state index contributed by atoms with van der Waals surface area (Å²) < 4.78 is 5.68. The Morgan fingerprint density at radius 3 is 2.58 bits per heavy atom. The molecule has 1 rings (SSSR count). The topological polar surface area (TPSA) is 28.4 Å². The maximum Gasteiger partial charge on any atom is 0.118 e. The Morgan fingerprint density at radius 2 is 2.00 bits per heavy atom. The SMILES string of the molecule is CCCNCc1coc(CN(CC(C)C)C(C)C)c1. The Morgan fingerprint density at radius 1 is 1.26 bits per heavy atom. The van der Waals surface area contributed by atoms with Crippen molar-refractivity contribution in [3.05, 3.63) is 23.7 Å². The largest absolute Gasteiger partial charge is 0.468 e. The minimum absolute atomic E-state index is 0.550. The van der Waals surface area contributed by atoms with Gasteiger partial charge in [0.1, 0.15) is 5.76 Å². The van der Waals surface area contributed by atoms with Crippen molar-refractivity contribution in [1.29, 1.82) is 0 Å². The zero-order valence-electron chi connectivity index (χ0n) is 13.2. The van der Waals surface area contributed by atoms with Crippen LogP contribution >= 0.6 is 0 Å². The predicted molar refractivity (Wildman–Crippen MR) is 81.1 cm³/mol. The fourth-order valence-corrected chi connectivity index (χ4v) is 2.14. The van der Waals surface area contributed by atoms with E-state index in [4.69, 9.17) is 4.42 Å². The quantitative estimate of drug-likeness (QED) is 0.692. The Hall–Kier alpha value is -0.800. The van der Waals surface area contributed by atoms with E-state index in [9.17, 15) is 0 Å². The molecule has 0 saturated heterocycles. The molecular weight excluding hydrogens is 236 g/mol. The van der Waals surface area contributed by atoms with E-state index in [2.05, 4.69) is 50.9 Å². The summed E-state index contributed by atoms with van der Waals surface area (Å²) in [6.45, 7) is 15.2. The third kappa shape index (κ3) is 6.26. The van der Waals surface area contributed by atoms with Gasteiger partial charge in [-0.2, -0.15) is 0 Å². The summed E-state index contributed by atoms with van der Waals surface area (Å²) in [5, 5.41) is 3.40. The molecular formula is C16H30N2O. The molecule has 0 bridgehead atoms. The van der Waals surface area contributed by atoms with Gasteiger partial charge in [0, 0.05) is 24.7 Å². The van der Waals surface area contributed by atoms with Crippen LogP contribution in [0.4, 0.5) is 0 Å². The first kappa shape index (κ1) is 16.3. The van der Waals surface area contributed by atoms with Crippen LogP contribution in [0.2, 0.25) is 0 Å². The van der Waals surface area contributed by atoms with E-state index in [0.29, 0.717) is 12.0 Å². The second-order valence-electron chi connectivity index (χ2n) is 6.02. The van der Waals surface area contributed by atoms with Crippen LogP contribution < -0.4 is 5.32 Å². The van der Waals surface area contributed by atoms with Gasteiger partial charge >= 0.3 is 0 Å². The van der Waals surface area contributed by atoms with Crippen LogP contribution in [-0.4, -0.2) is 24.0 Å². The summed E-state index contributed by atoms with van der Waals surface area (Å²) in [5.41, 5.74) is 1.25. The van der Waals surface area contributed by atoms with Crippen molar-refractivity contribution < 1.29 is 4.42 Å². The molecule has 3 nitrogen and oxygen atoms in total. The zero-order valence-corrected chi connectivity index (χ0v) is 13.2. The van der Waals surface area contributed by atoms with Crippen molar-refractivity contribution >= 4 is 0 Å². The molecule has 1 N–H and O–H groups in total. The Labute approximate surface area is 118 Å². The summed E-state index contributed by atoms with van der Waals surface area (Å²) >= 11 is 0. The normalized spacial score (nSPS) is 12.0. The van der Waals surface area contributed by atoms with Crippen LogP contribution in [0.15, 0.2) is 16.7 Å². The van der Waals surface area contributed by atoms with E-state index >= 15 is 0 Å². The van der Waals surface area contributed by atoms with E-state index in [1.54, 1.807) is 0 Å². The third-order valence-electron chi connectivity index (χ3n) is 3.15. The van der Waals surface area contributed by atoms with E-state index in [-0.39, 0.29) is 0 Å². The number of hydrogen-bond donors (Lipinski definition) is 1. The monoisotopic (exact) mass is 266 g/mol. The molecule has 110 valence electrons. The average molecular weight is 266 g/mol. The van der Waals surface area contributed by atoms with E-state index in [1.165, 1.54) is 12.0 Å². The van der Waals surface area contributed by atoms with Gasteiger partial charge in [0.05, 0.1) is 12.8 Å². The summed E-state index contributed by atoms with van der Waals surface area (Å²) in [7, 11) is 0.